The molecule has 3 rings (SSSR count). The molecule has 2 fully saturated rings. The topological polar surface area (TPSA) is 66.4 Å². The Morgan fingerprint density at radius 3 is 2.39 bits per heavy atom. The Kier molecular flexibility index (Phi) is 3.61. The van der Waals surface area contributed by atoms with Crippen LogP contribution in [0, 0.1) is 5.92 Å². The van der Waals surface area contributed by atoms with Crippen LogP contribution in [0.2, 0.25) is 0 Å². The minimum Gasteiger partial charge on any atom is -0.481 e. The molecule has 0 bridgehead atoms. The number of hydrogen-bond acceptors (Lipinski definition) is 2. The maximum absolute atomic E-state index is 12.8. The molecule has 0 aromatic heterocycles. The van der Waals surface area contributed by atoms with E-state index in [1.807, 2.05) is 0 Å². The molecule has 0 saturated heterocycles. The number of carbonyl (C=O) groups excluding carboxylic acids is 1. The summed E-state index contributed by atoms with van der Waals surface area (Å²) in [6.07, 6.45) is -2.67. The van der Waals surface area contributed by atoms with Gasteiger partial charge in [-0.2, -0.15) is 13.2 Å². The molecule has 0 aliphatic heterocycles. The summed E-state index contributed by atoms with van der Waals surface area (Å²) in [5.74, 6) is -1.62. The standard InChI is InChI=1S/C16H16F3NO3/c17-16(18,19)11-3-1-2-10(8-11)15(4-5-15)14(23)20-12-6-9(7-12)13(21)22/h1-3,8-9,12H,4-7H2,(H,20,23)(H,21,22). The van der Waals surface area contributed by atoms with E-state index in [9.17, 15) is 22.8 Å². The van der Waals surface area contributed by atoms with Crippen molar-refractivity contribution in [2.24, 2.45) is 5.92 Å². The van der Waals surface area contributed by atoms with Crippen molar-refractivity contribution in [1.29, 1.82) is 0 Å². The van der Waals surface area contributed by atoms with Gasteiger partial charge in [0, 0.05) is 6.04 Å². The predicted molar refractivity (Wildman–Crippen MR) is 74.6 cm³/mol. The molecule has 23 heavy (non-hydrogen) atoms. The molecule has 2 N–H and O–H groups in total. The first-order chi connectivity index (χ1) is 10.7. The van der Waals surface area contributed by atoms with Crippen molar-refractivity contribution >= 4 is 11.9 Å². The number of carbonyl (C=O) groups is 2. The highest BCUT2D eigenvalue weighted by molar-refractivity contribution is 5.91. The number of amides is 1. The summed E-state index contributed by atoms with van der Waals surface area (Å²) in [7, 11) is 0. The molecule has 0 radical (unpaired) electrons. The number of benzene rings is 1. The van der Waals surface area contributed by atoms with E-state index in [4.69, 9.17) is 5.11 Å². The minimum absolute atomic E-state index is 0.202. The molecule has 7 heteroatoms. The van der Waals surface area contributed by atoms with E-state index in [-0.39, 0.29) is 11.9 Å². The zero-order chi connectivity index (χ0) is 16.8. The van der Waals surface area contributed by atoms with Gasteiger partial charge in [0.15, 0.2) is 0 Å². The molecule has 0 heterocycles. The lowest BCUT2D eigenvalue weighted by Gasteiger charge is -2.34. The van der Waals surface area contributed by atoms with Gasteiger partial charge in [-0.15, -0.1) is 0 Å². The van der Waals surface area contributed by atoms with Crippen LogP contribution in [0.5, 0.6) is 0 Å². The fourth-order valence-electron chi connectivity index (χ4n) is 3.03. The number of nitrogens with one attached hydrogen (secondary N) is 1. The van der Waals surface area contributed by atoms with Gasteiger partial charge in [-0.05, 0) is 37.3 Å². The normalized spacial score (nSPS) is 25.3. The Balaban J connectivity index is 1.70. The van der Waals surface area contributed by atoms with Crippen molar-refractivity contribution in [2.75, 3.05) is 0 Å². The number of carboxylic acids is 1. The lowest BCUT2D eigenvalue weighted by molar-refractivity contribution is -0.146. The molecule has 0 atom stereocenters. The molecule has 0 unspecified atom stereocenters. The summed E-state index contributed by atoms with van der Waals surface area (Å²) >= 11 is 0. The molecule has 1 amide bonds. The van der Waals surface area contributed by atoms with Crippen LogP contribution in [0.25, 0.3) is 0 Å². The average Bonchev–Trinajstić information content (AvgIpc) is 3.22. The number of aliphatic carboxylic acids is 1. The fourth-order valence-corrected chi connectivity index (χ4v) is 3.03. The van der Waals surface area contributed by atoms with Crippen LogP contribution in [-0.2, 0) is 21.2 Å². The van der Waals surface area contributed by atoms with Crippen LogP contribution >= 0.6 is 0 Å². The smallest absolute Gasteiger partial charge is 0.416 e. The minimum atomic E-state index is -4.44. The van der Waals surface area contributed by atoms with Crippen molar-refractivity contribution in [3.8, 4) is 0 Å². The third-order valence-electron chi connectivity index (χ3n) is 4.75. The third-order valence-corrected chi connectivity index (χ3v) is 4.75. The van der Waals surface area contributed by atoms with Gasteiger partial charge in [-0.3, -0.25) is 9.59 Å². The summed E-state index contributed by atoms with van der Waals surface area (Å²) in [6.45, 7) is 0. The van der Waals surface area contributed by atoms with Gasteiger partial charge in [0.05, 0.1) is 16.9 Å². The molecular formula is C16H16F3NO3. The van der Waals surface area contributed by atoms with E-state index in [1.165, 1.54) is 6.07 Å². The maximum Gasteiger partial charge on any atom is 0.416 e. The van der Waals surface area contributed by atoms with Crippen LogP contribution in [0.4, 0.5) is 13.2 Å². The molecule has 124 valence electrons. The Bertz CT molecular complexity index is 646. The highest BCUT2D eigenvalue weighted by Gasteiger charge is 2.53. The maximum atomic E-state index is 12.8. The molecule has 1 aromatic rings. The number of carboxylic acid groups (broad SMARTS) is 1. The van der Waals surface area contributed by atoms with Crippen LogP contribution in [0.1, 0.15) is 36.8 Å². The molecular weight excluding hydrogens is 311 g/mol. The van der Waals surface area contributed by atoms with E-state index in [0.717, 1.165) is 12.1 Å². The molecule has 4 nitrogen and oxygen atoms in total. The number of rotatable bonds is 4. The van der Waals surface area contributed by atoms with Crippen LogP contribution in [0.15, 0.2) is 24.3 Å². The summed E-state index contributed by atoms with van der Waals surface area (Å²) in [5.41, 5.74) is -1.28. The monoisotopic (exact) mass is 327 g/mol. The Morgan fingerprint density at radius 2 is 1.87 bits per heavy atom. The highest BCUT2D eigenvalue weighted by atomic mass is 19.4. The first-order valence-electron chi connectivity index (χ1n) is 7.44. The second kappa shape index (κ2) is 5.25. The van der Waals surface area contributed by atoms with E-state index in [1.54, 1.807) is 6.07 Å². The molecule has 2 saturated carbocycles. The van der Waals surface area contributed by atoms with Crippen molar-refractivity contribution in [3.63, 3.8) is 0 Å². The Labute approximate surface area is 130 Å². The van der Waals surface area contributed by atoms with E-state index in [0.29, 0.717) is 31.2 Å². The highest BCUT2D eigenvalue weighted by Crippen LogP contribution is 2.49. The Morgan fingerprint density at radius 1 is 1.22 bits per heavy atom. The summed E-state index contributed by atoms with van der Waals surface area (Å²) in [4.78, 5) is 23.2. The largest absolute Gasteiger partial charge is 0.481 e. The molecule has 2 aliphatic carbocycles. The third kappa shape index (κ3) is 2.92. The quantitative estimate of drug-likeness (QED) is 0.893. The lowest BCUT2D eigenvalue weighted by Crippen LogP contribution is -2.49. The molecule has 0 spiro atoms. The second-order valence-corrected chi connectivity index (χ2v) is 6.34. The number of hydrogen-bond donors (Lipinski definition) is 2. The van der Waals surface area contributed by atoms with Crippen molar-refractivity contribution in [1.82, 2.24) is 5.32 Å². The zero-order valence-corrected chi connectivity index (χ0v) is 12.2. The van der Waals surface area contributed by atoms with Crippen LogP contribution in [0.3, 0.4) is 0 Å². The van der Waals surface area contributed by atoms with Crippen molar-refractivity contribution < 1.29 is 27.9 Å². The lowest BCUT2D eigenvalue weighted by atomic mass is 9.80. The zero-order valence-electron chi connectivity index (χ0n) is 12.2. The SMILES string of the molecule is O=C(O)C1CC(NC(=O)C2(c3cccc(C(F)(F)F)c3)CC2)C1. The van der Waals surface area contributed by atoms with Gasteiger partial charge in [-0.1, -0.05) is 18.2 Å². The van der Waals surface area contributed by atoms with Gasteiger partial charge in [0.2, 0.25) is 5.91 Å². The number of alkyl halides is 3. The van der Waals surface area contributed by atoms with Crippen LogP contribution in [-0.4, -0.2) is 23.0 Å². The van der Waals surface area contributed by atoms with Crippen LogP contribution < -0.4 is 5.32 Å². The van der Waals surface area contributed by atoms with Crippen molar-refractivity contribution in [3.05, 3.63) is 35.4 Å². The van der Waals surface area contributed by atoms with E-state index < -0.39 is 29.0 Å². The fraction of sp³-hybridized carbons (Fsp3) is 0.500. The van der Waals surface area contributed by atoms with E-state index >= 15 is 0 Å². The second-order valence-electron chi connectivity index (χ2n) is 6.34. The van der Waals surface area contributed by atoms with Gasteiger partial charge >= 0.3 is 12.1 Å². The van der Waals surface area contributed by atoms with Gasteiger partial charge in [0.25, 0.3) is 0 Å². The summed E-state index contributed by atoms with van der Waals surface area (Å²) < 4.78 is 38.4. The van der Waals surface area contributed by atoms with Crippen molar-refractivity contribution in [2.45, 2.75) is 43.3 Å². The number of halogens is 3. The van der Waals surface area contributed by atoms with E-state index in [2.05, 4.69) is 5.32 Å². The summed E-state index contributed by atoms with van der Waals surface area (Å²) in [6, 6.07) is 4.68. The average molecular weight is 327 g/mol. The predicted octanol–water partition coefficient (Wildman–Crippen LogP) is 2.72. The molecule has 2 aliphatic rings. The van der Waals surface area contributed by atoms with Gasteiger partial charge < -0.3 is 10.4 Å². The molecule has 1 aromatic carbocycles. The first kappa shape index (κ1) is 15.8. The first-order valence-corrected chi connectivity index (χ1v) is 7.44. The summed E-state index contributed by atoms with van der Waals surface area (Å²) in [5, 5.41) is 11.6. The Hall–Kier alpha value is -2.05. The van der Waals surface area contributed by atoms with Gasteiger partial charge in [-0.25, -0.2) is 0 Å². The van der Waals surface area contributed by atoms with Gasteiger partial charge in [0.1, 0.15) is 0 Å².